The average molecular weight is 542 g/mol. The van der Waals surface area contributed by atoms with Crippen molar-refractivity contribution in [2.45, 2.75) is 43.8 Å². The molecular weight excluding hydrogens is 506 g/mol. The van der Waals surface area contributed by atoms with E-state index < -0.39 is 18.1 Å². The number of fused-ring (bicyclic) bond motifs is 3. The number of alkyl carbamates (subject to hydrolysis) is 1. The molecule has 8 nitrogen and oxygen atoms in total. The second-order valence-electron chi connectivity index (χ2n) is 10.6. The number of carboxylic acid groups (broad SMARTS) is 1. The fourth-order valence-corrected chi connectivity index (χ4v) is 5.51. The van der Waals surface area contributed by atoms with E-state index in [-0.39, 0.29) is 44.0 Å². The molecule has 0 radical (unpaired) electrons. The van der Waals surface area contributed by atoms with Crippen molar-refractivity contribution in [3.63, 3.8) is 0 Å². The molecule has 2 aliphatic carbocycles. The molecule has 2 N–H and O–H groups in total. The largest absolute Gasteiger partial charge is 0.481 e. The Labute approximate surface area is 234 Å². The van der Waals surface area contributed by atoms with Crippen LogP contribution in [-0.2, 0) is 20.9 Å². The Bertz CT molecular complexity index is 1310. The number of ether oxygens (including phenoxy) is 1. The smallest absolute Gasteiger partial charge is 0.407 e. The van der Waals surface area contributed by atoms with E-state index in [1.165, 1.54) is 0 Å². The number of amides is 2. The third-order valence-corrected chi connectivity index (χ3v) is 7.56. The average Bonchev–Trinajstić information content (AvgIpc) is 3.74. The Balaban J connectivity index is 1.28. The van der Waals surface area contributed by atoms with E-state index in [0.717, 1.165) is 40.7 Å². The van der Waals surface area contributed by atoms with Gasteiger partial charge in [-0.25, -0.2) is 4.79 Å². The fraction of sp³-hybridized carbons (Fsp3) is 0.344. The maximum atomic E-state index is 13.7. The molecule has 0 heterocycles. The molecule has 2 amide bonds. The van der Waals surface area contributed by atoms with Gasteiger partial charge in [-0.3, -0.25) is 14.5 Å². The molecule has 1 fully saturated rings. The first-order valence-corrected chi connectivity index (χ1v) is 13.8. The van der Waals surface area contributed by atoms with Crippen LogP contribution in [-0.4, -0.2) is 71.7 Å². The van der Waals surface area contributed by atoms with Gasteiger partial charge < -0.3 is 20.1 Å². The summed E-state index contributed by atoms with van der Waals surface area (Å²) in [4.78, 5) is 41.7. The number of hydrogen-bond acceptors (Lipinski definition) is 5. The highest BCUT2D eigenvalue weighted by molar-refractivity contribution is 5.87. The lowest BCUT2D eigenvalue weighted by molar-refractivity contribution is -0.139. The highest BCUT2D eigenvalue weighted by Crippen LogP contribution is 2.44. The van der Waals surface area contributed by atoms with Crippen molar-refractivity contribution in [2.75, 3.05) is 26.7 Å². The summed E-state index contributed by atoms with van der Waals surface area (Å²) in [5, 5.41) is 12.0. The number of carbonyl (C=O) groups is 3. The number of carboxylic acids is 1. The molecule has 1 atom stereocenters. The van der Waals surface area contributed by atoms with Gasteiger partial charge in [0, 0.05) is 31.6 Å². The van der Waals surface area contributed by atoms with Gasteiger partial charge in [-0.2, -0.15) is 0 Å². The lowest BCUT2D eigenvalue weighted by Gasteiger charge is -2.30. The van der Waals surface area contributed by atoms with E-state index in [2.05, 4.69) is 29.6 Å². The maximum Gasteiger partial charge on any atom is 0.407 e. The topological polar surface area (TPSA) is 99.2 Å². The summed E-state index contributed by atoms with van der Waals surface area (Å²) in [5.41, 5.74) is 5.59. The predicted molar refractivity (Wildman–Crippen MR) is 152 cm³/mol. The van der Waals surface area contributed by atoms with Crippen molar-refractivity contribution in [2.24, 2.45) is 0 Å². The van der Waals surface area contributed by atoms with Gasteiger partial charge in [0.05, 0.1) is 6.42 Å². The van der Waals surface area contributed by atoms with Gasteiger partial charge in [0.25, 0.3) is 0 Å². The maximum absolute atomic E-state index is 13.7. The van der Waals surface area contributed by atoms with Gasteiger partial charge in [0.15, 0.2) is 0 Å². The first-order valence-electron chi connectivity index (χ1n) is 13.8. The van der Waals surface area contributed by atoms with Gasteiger partial charge in [-0.05, 0) is 47.7 Å². The number of aliphatic carboxylic acids is 1. The number of benzene rings is 3. The predicted octanol–water partition coefficient (Wildman–Crippen LogP) is 4.49. The monoisotopic (exact) mass is 541 g/mol. The third kappa shape index (κ3) is 6.51. The van der Waals surface area contributed by atoms with Gasteiger partial charge in [-0.1, -0.05) is 78.9 Å². The van der Waals surface area contributed by atoms with E-state index in [1.54, 1.807) is 4.90 Å². The van der Waals surface area contributed by atoms with Gasteiger partial charge >= 0.3 is 12.1 Å². The summed E-state index contributed by atoms with van der Waals surface area (Å²) in [6.45, 7) is 1.11. The van der Waals surface area contributed by atoms with Crippen LogP contribution in [0.15, 0.2) is 78.9 Å². The summed E-state index contributed by atoms with van der Waals surface area (Å²) in [7, 11) is 1.89. The highest BCUT2D eigenvalue weighted by atomic mass is 16.5. The van der Waals surface area contributed by atoms with Gasteiger partial charge in [0.1, 0.15) is 12.6 Å². The SMILES string of the molecule is CN(Cc1ccccc1)CC(NC(=O)OCC1c2ccccc2-c2ccccc21)C(=O)N(CCC(=O)O)C1CC1. The fourth-order valence-electron chi connectivity index (χ4n) is 5.51. The van der Waals surface area contributed by atoms with Crippen LogP contribution >= 0.6 is 0 Å². The molecule has 5 rings (SSSR count). The van der Waals surface area contributed by atoms with Crippen molar-refractivity contribution in [1.82, 2.24) is 15.1 Å². The minimum atomic E-state index is -0.958. The molecule has 2 aliphatic rings. The van der Waals surface area contributed by atoms with Crippen LogP contribution in [0.3, 0.4) is 0 Å². The zero-order chi connectivity index (χ0) is 28.1. The van der Waals surface area contributed by atoms with Crippen molar-refractivity contribution in [1.29, 1.82) is 0 Å². The summed E-state index contributed by atoms with van der Waals surface area (Å²) in [6, 6.07) is 25.3. The van der Waals surface area contributed by atoms with Crippen LogP contribution < -0.4 is 5.32 Å². The van der Waals surface area contributed by atoms with Crippen LogP contribution in [0.25, 0.3) is 11.1 Å². The first-order chi connectivity index (χ1) is 19.4. The van der Waals surface area contributed by atoms with Crippen molar-refractivity contribution in [3.05, 3.63) is 95.6 Å². The lowest BCUT2D eigenvalue weighted by Crippen LogP contribution is -2.54. The molecule has 208 valence electrons. The number of likely N-dealkylation sites (N-methyl/N-ethyl adjacent to an activating group) is 1. The number of carbonyl (C=O) groups excluding carboxylic acids is 2. The van der Waals surface area contributed by atoms with Crippen LogP contribution in [0.4, 0.5) is 4.79 Å². The van der Waals surface area contributed by atoms with Crippen molar-refractivity contribution in [3.8, 4) is 11.1 Å². The molecule has 8 heteroatoms. The molecule has 1 unspecified atom stereocenters. The standard InChI is InChI=1S/C32H35N3O5/c1-34(19-22-9-3-2-4-10-22)20-29(31(38)35(23-15-16-23)18-17-30(36)37)33-32(39)40-21-28-26-13-7-5-11-24(26)25-12-6-8-14-27(25)28/h2-14,23,28-29H,15-21H2,1H3,(H,33,39)(H,36,37). The summed E-state index contributed by atoms with van der Waals surface area (Å²) >= 11 is 0. The molecule has 1 saturated carbocycles. The molecule has 0 aliphatic heterocycles. The van der Waals surface area contributed by atoms with E-state index in [1.807, 2.05) is 66.5 Å². The Kier molecular flexibility index (Phi) is 8.45. The molecule has 0 saturated heterocycles. The molecular formula is C32H35N3O5. The van der Waals surface area contributed by atoms with E-state index in [9.17, 15) is 19.5 Å². The normalized spacial score (nSPS) is 14.8. The summed E-state index contributed by atoms with van der Waals surface area (Å²) in [5.74, 6) is -1.33. The zero-order valence-electron chi connectivity index (χ0n) is 22.7. The quantitative estimate of drug-likeness (QED) is 0.351. The Morgan fingerprint density at radius 2 is 1.52 bits per heavy atom. The first kappa shape index (κ1) is 27.4. The molecule has 3 aromatic rings. The lowest BCUT2D eigenvalue weighted by atomic mass is 9.98. The minimum absolute atomic E-state index is 0.0121. The Hall–Kier alpha value is -4.17. The van der Waals surface area contributed by atoms with Crippen LogP contribution in [0.1, 0.15) is 41.9 Å². The number of hydrogen-bond donors (Lipinski definition) is 2. The summed E-state index contributed by atoms with van der Waals surface area (Å²) < 4.78 is 5.74. The number of rotatable bonds is 12. The van der Waals surface area contributed by atoms with E-state index in [4.69, 9.17) is 4.74 Å². The molecule has 0 bridgehead atoms. The second kappa shape index (κ2) is 12.3. The Morgan fingerprint density at radius 3 is 2.12 bits per heavy atom. The van der Waals surface area contributed by atoms with E-state index >= 15 is 0 Å². The minimum Gasteiger partial charge on any atom is -0.481 e. The van der Waals surface area contributed by atoms with Crippen molar-refractivity contribution < 1.29 is 24.2 Å². The van der Waals surface area contributed by atoms with Crippen LogP contribution in [0.2, 0.25) is 0 Å². The second-order valence-corrected chi connectivity index (χ2v) is 10.6. The molecule has 0 spiro atoms. The number of nitrogens with zero attached hydrogens (tertiary/aromatic N) is 2. The Morgan fingerprint density at radius 1 is 0.925 bits per heavy atom. The summed E-state index contributed by atoms with van der Waals surface area (Å²) in [6.07, 6.45) is 0.869. The third-order valence-electron chi connectivity index (χ3n) is 7.56. The molecule has 0 aromatic heterocycles. The highest BCUT2D eigenvalue weighted by Gasteiger charge is 2.37. The van der Waals surface area contributed by atoms with Gasteiger partial charge in [0.2, 0.25) is 5.91 Å². The zero-order valence-corrected chi connectivity index (χ0v) is 22.7. The molecule has 40 heavy (non-hydrogen) atoms. The number of nitrogens with one attached hydrogen (secondary N) is 1. The van der Waals surface area contributed by atoms with E-state index in [0.29, 0.717) is 6.54 Å². The van der Waals surface area contributed by atoms with Crippen LogP contribution in [0.5, 0.6) is 0 Å². The molecule has 3 aromatic carbocycles. The van der Waals surface area contributed by atoms with Crippen molar-refractivity contribution >= 4 is 18.0 Å². The van der Waals surface area contributed by atoms with Gasteiger partial charge in [-0.15, -0.1) is 0 Å². The van der Waals surface area contributed by atoms with Crippen LogP contribution in [0, 0.1) is 0 Å².